The molecule has 0 N–H and O–H groups in total. The van der Waals surface area contributed by atoms with Crippen molar-refractivity contribution in [2.75, 3.05) is 5.88 Å². The van der Waals surface area contributed by atoms with Crippen molar-refractivity contribution in [2.45, 2.75) is 6.42 Å². The molecule has 0 aromatic heterocycles. The molecule has 0 unspecified atom stereocenters. The molecule has 4 heteroatoms. The monoisotopic (exact) mass is 270 g/mol. The highest BCUT2D eigenvalue weighted by atomic mass is 35.5. The van der Waals surface area contributed by atoms with Crippen LogP contribution in [0.5, 0.6) is 0 Å². The first-order chi connectivity index (χ1) is 8.17. The minimum Gasteiger partial charge on any atom is -0.298 e. The molecule has 1 nitrogen and oxygen atoms in total. The van der Waals surface area contributed by atoms with Gasteiger partial charge in [0.2, 0.25) is 0 Å². The highest BCUT2D eigenvalue weighted by Crippen LogP contribution is 2.30. The lowest BCUT2D eigenvalue weighted by Crippen LogP contribution is -1.95. The Morgan fingerprint density at radius 1 is 1.29 bits per heavy atom. The van der Waals surface area contributed by atoms with Gasteiger partial charge in [-0.05, 0) is 41.0 Å². The van der Waals surface area contributed by atoms with E-state index in [9.17, 15) is 9.18 Å². The number of alkyl halides is 1. The fraction of sp³-hybridized carbons (Fsp3) is 0.154. The summed E-state index contributed by atoms with van der Waals surface area (Å²) in [5.41, 5.74) is 1.13. The zero-order chi connectivity index (χ0) is 12.4. The van der Waals surface area contributed by atoms with Crippen LogP contribution in [0.1, 0.15) is 15.9 Å². The van der Waals surface area contributed by atoms with Crippen LogP contribution in [0, 0.1) is 5.82 Å². The normalized spacial score (nSPS) is 10.8. The van der Waals surface area contributed by atoms with Crippen LogP contribution in [0.2, 0.25) is 5.02 Å². The maximum absolute atomic E-state index is 13.2. The van der Waals surface area contributed by atoms with Gasteiger partial charge in [-0.15, -0.1) is 11.6 Å². The second kappa shape index (κ2) is 5.03. The van der Waals surface area contributed by atoms with E-state index in [2.05, 4.69) is 0 Å². The van der Waals surface area contributed by atoms with E-state index in [1.807, 2.05) is 6.07 Å². The fourth-order valence-corrected chi connectivity index (χ4v) is 2.33. The van der Waals surface area contributed by atoms with Gasteiger partial charge in [0, 0.05) is 11.4 Å². The van der Waals surface area contributed by atoms with Crippen molar-refractivity contribution in [3.8, 4) is 0 Å². The summed E-state index contributed by atoms with van der Waals surface area (Å²) >= 11 is 11.8. The van der Waals surface area contributed by atoms with E-state index in [0.717, 1.165) is 10.9 Å². The van der Waals surface area contributed by atoms with Gasteiger partial charge in [0.15, 0.2) is 6.29 Å². The van der Waals surface area contributed by atoms with Gasteiger partial charge in [-0.3, -0.25) is 4.79 Å². The molecule has 0 aliphatic carbocycles. The average Bonchev–Trinajstić information content (AvgIpc) is 2.31. The molecule has 0 heterocycles. The number of hydrogen-bond donors (Lipinski definition) is 0. The van der Waals surface area contributed by atoms with E-state index in [-0.39, 0.29) is 5.82 Å². The molecule has 0 saturated heterocycles. The maximum atomic E-state index is 13.2. The summed E-state index contributed by atoms with van der Waals surface area (Å²) in [5, 5.41) is 1.68. The van der Waals surface area contributed by atoms with Crippen molar-refractivity contribution >= 4 is 40.3 Å². The molecule has 2 aromatic rings. The molecular formula is C13H9Cl2FO. The summed E-state index contributed by atoms with van der Waals surface area (Å²) in [7, 11) is 0. The Labute approximate surface area is 108 Å². The molecule has 0 amide bonds. The molecule has 0 aliphatic heterocycles. The van der Waals surface area contributed by atoms with Gasteiger partial charge in [-0.2, -0.15) is 0 Å². The van der Waals surface area contributed by atoms with Crippen LogP contribution >= 0.6 is 23.2 Å². The second-order valence-corrected chi connectivity index (χ2v) is 4.44. The average molecular weight is 271 g/mol. The van der Waals surface area contributed by atoms with E-state index < -0.39 is 0 Å². The van der Waals surface area contributed by atoms with E-state index in [0.29, 0.717) is 34.6 Å². The summed E-state index contributed by atoms with van der Waals surface area (Å²) in [6.07, 6.45) is 1.23. The number of benzene rings is 2. The minimum absolute atomic E-state index is 0.323. The third kappa shape index (κ3) is 2.28. The molecule has 2 rings (SSSR count). The van der Waals surface area contributed by atoms with Crippen molar-refractivity contribution in [1.29, 1.82) is 0 Å². The topological polar surface area (TPSA) is 17.1 Å². The van der Waals surface area contributed by atoms with Gasteiger partial charge in [0.1, 0.15) is 5.82 Å². The molecule has 0 aliphatic rings. The summed E-state index contributed by atoms with van der Waals surface area (Å²) in [6.45, 7) is 0. The lowest BCUT2D eigenvalue weighted by molar-refractivity contribution is 0.112. The van der Waals surface area contributed by atoms with Crippen LogP contribution in [0.15, 0.2) is 24.3 Å². The highest BCUT2D eigenvalue weighted by molar-refractivity contribution is 6.35. The molecule has 0 fully saturated rings. The SMILES string of the molecule is O=Cc1c(Cl)c(CCCl)cc2ccc(F)cc12. The van der Waals surface area contributed by atoms with Gasteiger partial charge >= 0.3 is 0 Å². The molecule has 0 radical (unpaired) electrons. The summed E-state index contributed by atoms with van der Waals surface area (Å²) in [4.78, 5) is 11.1. The van der Waals surface area contributed by atoms with Gasteiger partial charge in [-0.1, -0.05) is 17.7 Å². The molecule has 0 saturated carbocycles. The minimum atomic E-state index is -0.387. The van der Waals surface area contributed by atoms with Crippen LogP contribution < -0.4 is 0 Å². The number of carbonyl (C=O) groups is 1. The first kappa shape index (κ1) is 12.3. The Hall–Kier alpha value is -1.12. The third-order valence-corrected chi connectivity index (χ3v) is 3.27. The molecule has 0 spiro atoms. The maximum Gasteiger partial charge on any atom is 0.152 e. The molecular weight excluding hydrogens is 262 g/mol. The number of fused-ring (bicyclic) bond motifs is 1. The summed E-state index contributed by atoms with van der Waals surface area (Å²) in [5.74, 6) is 0.0341. The quantitative estimate of drug-likeness (QED) is 0.603. The van der Waals surface area contributed by atoms with Crippen molar-refractivity contribution in [1.82, 2.24) is 0 Å². The van der Waals surface area contributed by atoms with Crippen LogP contribution in [-0.4, -0.2) is 12.2 Å². The van der Waals surface area contributed by atoms with Crippen molar-refractivity contribution in [3.05, 3.63) is 46.2 Å². The summed E-state index contributed by atoms with van der Waals surface area (Å²) in [6, 6.07) is 6.14. The molecule has 0 bridgehead atoms. The Kier molecular flexibility index (Phi) is 3.65. The Morgan fingerprint density at radius 2 is 2.06 bits per heavy atom. The highest BCUT2D eigenvalue weighted by Gasteiger charge is 2.11. The van der Waals surface area contributed by atoms with Gasteiger partial charge < -0.3 is 0 Å². The largest absolute Gasteiger partial charge is 0.298 e. The Bertz CT molecular complexity index is 581. The lowest BCUT2D eigenvalue weighted by atomic mass is 10.00. The van der Waals surface area contributed by atoms with Crippen molar-refractivity contribution in [3.63, 3.8) is 0 Å². The van der Waals surface area contributed by atoms with Crippen molar-refractivity contribution < 1.29 is 9.18 Å². The second-order valence-electron chi connectivity index (χ2n) is 3.69. The number of aldehydes is 1. The van der Waals surface area contributed by atoms with E-state index in [1.54, 1.807) is 6.07 Å². The first-order valence-corrected chi connectivity index (χ1v) is 6.00. The van der Waals surface area contributed by atoms with E-state index in [1.165, 1.54) is 12.1 Å². The zero-order valence-electron chi connectivity index (χ0n) is 8.84. The standard InChI is InChI=1S/C13H9Cl2FO/c14-4-3-9-5-8-1-2-10(16)6-11(8)12(7-17)13(9)15/h1-2,5-7H,3-4H2. The van der Waals surface area contributed by atoms with Crippen LogP contribution in [0.3, 0.4) is 0 Å². The first-order valence-electron chi connectivity index (χ1n) is 5.09. The number of rotatable bonds is 3. The predicted molar refractivity (Wildman–Crippen MR) is 68.7 cm³/mol. The fourth-order valence-electron chi connectivity index (χ4n) is 1.83. The Balaban J connectivity index is 2.79. The molecule has 0 atom stereocenters. The van der Waals surface area contributed by atoms with Crippen molar-refractivity contribution in [2.24, 2.45) is 0 Å². The van der Waals surface area contributed by atoms with E-state index >= 15 is 0 Å². The molecule has 88 valence electrons. The van der Waals surface area contributed by atoms with Crippen LogP contribution in [-0.2, 0) is 6.42 Å². The lowest BCUT2D eigenvalue weighted by Gasteiger charge is -2.09. The third-order valence-electron chi connectivity index (χ3n) is 2.64. The van der Waals surface area contributed by atoms with E-state index in [4.69, 9.17) is 23.2 Å². The molecule has 2 aromatic carbocycles. The number of hydrogen-bond acceptors (Lipinski definition) is 1. The zero-order valence-corrected chi connectivity index (χ0v) is 10.4. The predicted octanol–water partition coefficient (Wildman–Crippen LogP) is 4.23. The number of halogens is 3. The smallest absolute Gasteiger partial charge is 0.152 e. The Morgan fingerprint density at radius 3 is 2.71 bits per heavy atom. The van der Waals surface area contributed by atoms with Gasteiger partial charge in [0.05, 0.1) is 5.02 Å². The molecule has 17 heavy (non-hydrogen) atoms. The van der Waals surface area contributed by atoms with Gasteiger partial charge in [0.25, 0.3) is 0 Å². The van der Waals surface area contributed by atoms with Gasteiger partial charge in [-0.25, -0.2) is 4.39 Å². The number of carbonyl (C=O) groups excluding carboxylic acids is 1. The number of aryl methyl sites for hydroxylation is 1. The summed E-state index contributed by atoms with van der Waals surface area (Å²) < 4.78 is 13.2. The van der Waals surface area contributed by atoms with Crippen LogP contribution in [0.25, 0.3) is 10.8 Å². The van der Waals surface area contributed by atoms with Crippen LogP contribution in [0.4, 0.5) is 4.39 Å².